The second-order valence-electron chi connectivity index (χ2n) is 4.46. The quantitative estimate of drug-likeness (QED) is 0.729. The molecule has 2 aromatic rings. The molecule has 1 aromatic heterocycles. The SMILES string of the molecule is CCCCCC(C)=Cn1nnc2ccccc21. The lowest BCUT2D eigenvalue weighted by Gasteiger charge is -2.01. The summed E-state index contributed by atoms with van der Waals surface area (Å²) in [7, 11) is 0. The van der Waals surface area contributed by atoms with Gasteiger partial charge in [0.15, 0.2) is 0 Å². The molecule has 0 aliphatic heterocycles. The summed E-state index contributed by atoms with van der Waals surface area (Å²) in [6.45, 7) is 4.39. The summed E-state index contributed by atoms with van der Waals surface area (Å²) in [5.74, 6) is 0. The second-order valence-corrected chi connectivity index (χ2v) is 4.46. The lowest BCUT2D eigenvalue weighted by atomic mass is 10.1. The second kappa shape index (κ2) is 5.62. The molecule has 3 nitrogen and oxygen atoms in total. The fourth-order valence-electron chi connectivity index (χ4n) is 1.91. The lowest BCUT2D eigenvalue weighted by molar-refractivity contribution is 0.712. The standard InChI is InChI=1S/C14H19N3/c1-3-4-5-8-12(2)11-17-14-10-7-6-9-13(14)15-16-17/h6-7,9-11H,3-5,8H2,1-2H3. The molecule has 0 saturated carbocycles. The Balaban J connectivity index is 2.14. The normalized spacial score (nSPS) is 12.2. The largest absolute Gasteiger partial charge is 0.220 e. The summed E-state index contributed by atoms with van der Waals surface area (Å²) in [5, 5.41) is 8.29. The molecule has 0 amide bonds. The Bertz CT molecular complexity index is 511. The minimum atomic E-state index is 0.949. The van der Waals surface area contributed by atoms with Gasteiger partial charge in [-0.05, 0) is 31.9 Å². The predicted octanol–water partition coefficient (Wildman–Crippen LogP) is 3.87. The molecule has 0 fully saturated rings. The highest BCUT2D eigenvalue weighted by atomic mass is 15.4. The maximum atomic E-state index is 4.15. The molecule has 0 spiro atoms. The van der Waals surface area contributed by atoms with Gasteiger partial charge in [-0.2, -0.15) is 0 Å². The van der Waals surface area contributed by atoms with Crippen molar-refractivity contribution >= 4 is 17.2 Å². The smallest absolute Gasteiger partial charge is 0.113 e. The Morgan fingerprint density at radius 1 is 1.29 bits per heavy atom. The molecule has 1 aromatic carbocycles. The van der Waals surface area contributed by atoms with Gasteiger partial charge in [0.1, 0.15) is 5.52 Å². The Morgan fingerprint density at radius 3 is 2.94 bits per heavy atom. The van der Waals surface area contributed by atoms with Crippen molar-refractivity contribution in [3.63, 3.8) is 0 Å². The number of rotatable bonds is 5. The molecule has 3 heteroatoms. The fraction of sp³-hybridized carbons (Fsp3) is 0.429. The Hall–Kier alpha value is -1.64. The zero-order chi connectivity index (χ0) is 12.1. The first-order valence-electron chi connectivity index (χ1n) is 6.28. The fourth-order valence-corrected chi connectivity index (χ4v) is 1.91. The van der Waals surface area contributed by atoms with E-state index in [4.69, 9.17) is 0 Å². The third kappa shape index (κ3) is 2.93. The maximum Gasteiger partial charge on any atom is 0.113 e. The van der Waals surface area contributed by atoms with E-state index in [9.17, 15) is 0 Å². The van der Waals surface area contributed by atoms with E-state index in [0.29, 0.717) is 0 Å². The van der Waals surface area contributed by atoms with Crippen LogP contribution >= 0.6 is 0 Å². The van der Waals surface area contributed by atoms with Crippen LogP contribution in [0.25, 0.3) is 17.2 Å². The molecule has 0 saturated heterocycles. The van der Waals surface area contributed by atoms with Crippen molar-refractivity contribution in [2.45, 2.75) is 39.5 Å². The minimum Gasteiger partial charge on any atom is -0.220 e. The summed E-state index contributed by atoms with van der Waals surface area (Å²) in [6.07, 6.45) is 7.04. The number of hydrogen-bond acceptors (Lipinski definition) is 2. The maximum absolute atomic E-state index is 4.15. The van der Waals surface area contributed by atoms with Gasteiger partial charge in [0.25, 0.3) is 0 Å². The van der Waals surface area contributed by atoms with Crippen LogP contribution in [0.15, 0.2) is 29.8 Å². The Labute approximate surface area is 102 Å². The molecule has 17 heavy (non-hydrogen) atoms. The first kappa shape index (κ1) is 11.8. The van der Waals surface area contributed by atoms with Gasteiger partial charge in [-0.25, -0.2) is 4.68 Å². The van der Waals surface area contributed by atoms with Crippen LogP contribution in [-0.2, 0) is 0 Å². The minimum absolute atomic E-state index is 0.949. The van der Waals surface area contributed by atoms with Crippen molar-refractivity contribution in [1.82, 2.24) is 15.0 Å². The monoisotopic (exact) mass is 229 g/mol. The van der Waals surface area contributed by atoms with Crippen LogP contribution < -0.4 is 0 Å². The lowest BCUT2D eigenvalue weighted by Crippen LogP contribution is -1.91. The summed E-state index contributed by atoms with van der Waals surface area (Å²) in [6, 6.07) is 8.03. The van der Waals surface area contributed by atoms with E-state index in [1.807, 2.05) is 28.9 Å². The van der Waals surface area contributed by atoms with Gasteiger partial charge < -0.3 is 0 Å². The Kier molecular flexibility index (Phi) is 3.91. The van der Waals surface area contributed by atoms with E-state index in [1.54, 1.807) is 0 Å². The van der Waals surface area contributed by atoms with E-state index in [-0.39, 0.29) is 0 Å². The molecule has 0 atom stereocenters. The number of fused-ring (bicyclic) bond motifs is 1. The molecule has 2 rings (SSSR count). The van der Waals surface area contributed by atoms with E-state index in [0.717, 1.165) is 17.5 Å². The van der Waals surface area contributed by atoms with Gasteiger partial charge in [-0.1, -0.05) is 42.7 Å². The van der Waals surface area contributed by atoms with E-state index >= 15 is 0 Å². The van der Waals surface area contributed by atoms with Crippen molar-refractivity contribution in [3.8, 4) is 0 Å². The number of para-hydroxylation sites is 1. The van der Waals surface area contributed by atoms with E-state index in [2.05, 4.69) is 30.4 Å². The molecule has 90 valence electrons. The third-order valence-electron chi connectivity index (χ3n) is 2.89. The van der Waals surface area contributed by atoms with Gasteiger partial charge in [0, 0.05) is 6.20 Å². The summed E-state index contributed by atoms with van der Waals surface area (Å²) < 4.78 is 1.87. The first-order chi connectivity index (χ1) is 8.31. The Morgan fingerprint density at radius 2 is 2.12 bits per heavy atom. The number of nitrogens with zero attached hydrogens (tertiary/aromatic N) is 3. The highest BCUT2D eigenvalue weighted by molar-refractivity contribution is 5.75. The zero-order valence-corrected chi connectivity index (χ0v) is 10.6. The first-order valence-corrected chi connectivity index (χ1v) is 6.28. The zero-order valence-electron chi connectivity index (χ0n) is 10.6. The van der Waals surface area contributed by atoms with E-state index in [1.165, 1.54) is 24.8 Å². The van der Waals surface area contributed by atoms with Crippen LogP contribution in [0.4, 0.5) is 0 Å². The van der Waals surface area contributed by atoms with Crippen molar-refractivity contribution in [2.24, 2.45) is 0 Å². The average molecular weight is 229 g/mol. The van der Waals surface area contributed by atoms with Crippen molar-refractivity contribution < 1.29 is 0 Å². The summed E-state index contributed by atoms with van der Waals surface area (Å²) in [4.78, 5) is 0. The highest BCUT2D eigenvalue weighted by Gasteiger charge is 2.00. The molecular formula is C14H19N3. The summed E-state index contributed by atoms with van der Waals surface area (Å²) >= 11 is 0. The summed E-state index contributed by atoms with van der Waals surface area (Å²) in [5.41, 5.74) is 3.38. The molecule has 0 radical (unpaired) electrons. The van der Waals surface area contributed by atoms with Crippen LogP contribution in [0.3, 0.4) is 0 Å². The molecular weight excluding hydrogens is 210 g/mol. The number of allylic oxidation sites excluding steroid dienone is 1. The average Bonchev–Trinajstić information content (AvgIpc) is 2.73. The topological polar surface area (TPSA) is 30.7 Å². The van der Waals surface area contributed by atoms with Crippen molar-refractivity contribution in [1.29, 1.82) is 0 Å². The van der Waals surface area contributed by atoms with Crippen LogP contribution in [0.1, 0.15) is 39.5 Å². The number of aromatic nitrogens is 3. The van der Waals surface area contributed by atoms with Gasteiger partial charge in [0.2, 0.25) is 0 Å². The number of benzene rings is 1. The number of unbranched alkanes of at least 4 members (excludes halogenated alkanes) is 2. The van der Waals surface area contributed by atoms with Gasteiger partial charge in [-0.15, -0.1) is 5.10 Å². The highest BCUT2D eigenvalue weighted by Crippen LogP contribution is 2.13. The molecule has 0 bridgehead atoms. The molecule has 0 unspecified atom stereocenters. The molecule has 0 aliphatic carbocycles. The van der Waals surface area contributed by atoms with Crippen molar-refractivity contribution in [3.05, 3.63) is 29.8 Å². The van der Waals surface area contributed by atoms with Crippen LogP contribution in [0.2, 0.25) is 0 Å². The van der Waals surface area contributed by atoms with E-state index < -0.39 is 0 Å². The van der Waals surface area contributed by atoms with Crippen LogP contribution in [0, 0.1) is 0 Å². The molecule has 0 aliphatic rings. The molecule has 0 N–H and O–H groups in total. The third-order valence-corrected chi connectivity index (χ3v) is 2.89. The van der Waals surface area contributed by atoms with Gasteiger partial charge >= 0.3 is 0 Å². The van der Waals surface area contributed by atoms with Crippen LogP contribution in [0.5, 0.6) is 0 Å². The predicted molar refractivity (Wildman–Crippen MR) is 71.6 cm³/mol. The molecule has 1 heterocycles. The van der Waals surface area contributed by atoms with Gasteiger partial charge in [0.05, 0.1) is 5.52 Å². The number of hydrogen-bond donors (Lipinski definition) is 0. The van der Waals surface area contributed by atoms with Gasteiger partial charge in [-0.3, -0.25) is 0 Å². The van der Waals surface area contributed by atoms with Crippen molar-refractivity contribution in [2.75, 3.05) is 0 Å². The van der Waals surface area contributed by atoms with Crippen LogP contribution in [-0.4, -0.2) is 15.0 Å².